The van der Waals surface area contributed by atoms with Gasteiger partial charge < -0.3 is 9.80 Å². The van der Waals surface area contributed by atoms with Crippen LogP contribution in [0.2, 0.25) is 0 Å². The van der Waals surface area contributed by atoms with Gasteiger partial charge in [-0.2, -0.15) is 0 Å². The number of hydrogen-bond acceptors (Lipinski definition) is 2. The summed E-state index contributed by atoms with van der Waals surface area (Å²) in [4.78, 5) is 28.7. The SMILES string of the molecule is CC(=O)N(CCC(=O)N1CCC(Cc2ccccc2)CC1)C1CCCCC1. The van der Waals surface area contributed by atoms with Gasteiger partial charge in [0.05, 0.1) is 0 Å². The first kappa shape index (κ1) is 19.9. The van der Waals surface area contributed by atoms with E-state index in [9.17, 15) is 9.59 Å². The Morgan fingerprint density at radius 3 is 2.30 bits per heavy atom. The summed E-state index contributed by atoms with van der Waals surface area (Å²) in [5.41, 5.74) is 1.40. The highest BCUT2D eigenvalue weighted by molar-refractivity contribution is 5.78. The van der Waals surface area contributed by atoms with Crippen LogP contribution in [0.3, 0.4) is 0 Å². The fourth-order valence-corrected chi connectivity index (χ4v) is 4.70. The molecular weight excluding hydrogens is 336 g/mol. The van der Waals surface area contributed by atoms with Gasteiger partial charge in [-0.15, -0.1) is 0 Å². The van der Waals surface area contributed by atoms with Crippen LogP contribution in [0.25, 0.3) is 0 Å². The Morgan fingerprint density at radius 1 is 1.00 bits per heavy atom. The summed E-state index contributed by atoms with van der Waals surface area (Å²) in [5, 5.41) is 0. The maximum absolute atomic E-state index is 12.7. The summed E-state index contributed by atoms with van der Waals surface area (Å²) in [5.74, 6) is 1.01. The highest BCUT2D eigenvalue weighted by Gasteiger charge is 2.26. The standard InChI is InChI=1S/C23H34N2O2/c1-19(26)25(22-10-6-3-7-11-22)17-14-23(27)24-15-12-21(13-16-24)18-20-8-4-2-5-9-20/h2,4-5,8-9,21-22H,3,6-7,10-18H2,1H3. The van der Waals surface area contributed by atoms with Crippen molar-refractivity contribution in [2.75, 3.05) is 19.6 Å². The lowest BCUT2D eigenvalue weighted by molar-refractivity contribution is -0.135. The molecule has 0 aromatic heterocycles. The second-order valence-electron chi connectivity index (χ2n) is 8.27. The summed E-state index contributed by atoms with van der Waals surface area (Å²) >= 11 is 0. The molecule has 0 unspecified atom stereocenters. The van der Waals surface area contributed by atoms with Crippen molar-refractivity contribution < 1.29 is 9.59 Å². The molecule has 1 aromatic carbocycles. The number of benzene rings is 1. The summed E-state index contributed by atoms with van der Waals surface area (Å²) in [6.07, 6.45) is 9.63. The van der Waals surface area contributed by atoms with Crippen molar-refractivity contribution in [2.45, 2.75) is 70.8 Å². The second-order valence-corrected chi connectivity index (χ2v) is 8.27. The normalized spacial score (nSPS) is 19.1. The van der Waals surface area contributed by atoms with Crippen LogP contribution in [-0.4, -0.2) is 47.3 Å². The molecule has 3 rings (SSSR count). The first-order chi connectivity index (χ1) is 13.1. The Hall–Kier alpha value is -1.84. The minimum absolute atomic E-state index is 0.122. The third kappa shape index (κ3) is 5.82. The number of carbonyl (C=O) groups is 2. The van der Waals surface area contributed by atoms with E-state index in [2.05, 4.69) is 30.3 Å². The number of likely N-dealkylation sites (tertiary alicyclic amines) is 1. The maximum Gasteiger partial charge on any atom is 0.224 e. The van der Waals surface area contributed by atoms with Crippen molar-refractivity contribution in [3.63, 3.8) is 0 Å². The minimum atomic E-state index is 0.122. The highest BCUT2D eigenvalue weighted by Crippen LogP contribution is 2.24. The monoisotopic (exact) mass is 370 g/mol. The van der Waals surface area contributed by atoms with E-state index >= 15 is 0 Å². The molecule has 1 heterocycles. The molecule has 1 aliphatic carbocycles. The van der Waals surface area contributed by atoms with Crippen molar-refractivity contribution in [3.8, 4) is 0 Å². The van der Waals surface area contributed by atoms with Gasteiger partial charge in [-0.1, -0.05) is 49.6 Å². The van der Waals surface area contributed by atoms with E-state index in [1.165, 1.54) is 24.8 Å². The fourth-order valence-electron chi connectivity index (χ4n) is 4.70. The molecule has 1 saturated carbocycles. The van der Waals surface area contributed by atoms with Gasteiger partial charge in [0.25, 0.3) is 0 Å². The number of nitrogens with zero attached hydrogens (tertiary/aromatic N) is 2. The average molecular weight is 371 g/mol. The second kappa shape index (κ2) is 9.91. The third-order valence-electron chi connectivity index (χ3n) is 6.32. The number of hydrogen-bond donors (Lipinski definition) is 0. The lowest BCUT2D eigenvalue weighted by atomic mass is 9.90. The molecule has 4 nitrogen and oxygen atoms in total. The van der Waals surface area contributed by atoms with Crippen molar-refractivity contribution in [2.24, 2.45) is 5.92 Å². The van der Waals surface area contributed by atoms with E-state index in [1.54, 1.807) is 6.92 Å². The average Bonchev–Trinajstić information content (AvgIpc) is 2.70. The fraction of sp³-hybridized carbons (Fsp3) is 0.652. The molecule has 27 heavy (non-hydrogen) atoms. The molecule has 0 spiro atoms. The van der Waals surface area contributed by atoms with E-state index < -0.39 is 0 Å². The van der Waals surface area contributed by atoms with Crippen LogP contribution < -0.4 is 0 Å². The quantitative estimate of drug-likeness (QED) is 0.758. The van der Waals surface area contributed by atoms with E-state index in [-0.39, 0.29) is 11.8 Å². The Morgan fingerprint density at radius 2 is 1.67 bits per heavy atom. The van der Waals surface area contributed by atoms with Crippen LogP contribution >= 0.6 is 0 Å². The van der Waals surface area contributed by atoms with Crippen LogP contribution in [-0.2, 0) is 16.0 Å². The zero-order chi connectivity index (χ0) is 19.1. The first-order valence-electron chi connectivity index (χ1n) is 10.7. The lowest BCUT2D eigenvalue weighted by Crippen LogP contribution is -2.44. The lowest BCUT2D eigenvalue weighted by Gasteiger charge is -2.35. The van der Waals surface area contributed by atoms with Crippen molar-refractivity contribution in [3.05, 3.63) is 35.9 Å². The highest BCUT2D eigenvalue weighted by atomic mass is 16.2. The van der Waals surface area contributed by atoms with Crippen LogP contribution in [0.15, 0.2) is 30.3 Å². The van der Waals surface area contributed by atoms with Gasteiger partial charge in [0, 0.05) is 39.0 Å². The number of rotatable bonds is 6. The zero-order valence-corrected chi connectivity index (χ0v) is 16.7. The van der Waals surface area contributed by atoms with Gasteiger partial charge in [0.15, 0.2) is 0 Å². The molecule has 0 radical (unpaired) electrons. The van der Waals surface area contributed by atoms with Gasteiger partial charge in [-0.3, -0.25) is 9.59 Å². The van der Waals surface area contributed by atoms with E-state index in [4.69, 9.17) is 0 Å². The summed E-state index contributed by atoms with van der Waals surface area (Å²) in [7, 11) is 0. The van der Waals surface area contributed by atoms with Gasteiger partial charge in [0.1, 0.15) is 0 Å². The molecule has 2 amide bonds. The van der Waals surface area contributed by atoms with Crippen molar-refractivity contribution in [1.29, 1.82) is 0 Å². The number of carbonyl (C=O) groups excluding carboxylic acids is 2. The Bertz CT molecular complexity index is 602. The molecule has 2 fully saturated rings. The molecule has 1 aliphatic heterocycles. The molecule has 0 atom stereocenters. The van der Waals surface area contributed by atoms with Crippen LogP contribution in [0.5, 0.6) is 0 Å². The molecule has 0 bridgehead atoms. The maximum atomic E-state index is 12.7. The predicted octanol–water partition coefficient (Wildman–Crippen LogP) is 4.04. The van der Waals surface area contributed by atoms with Gasteiger partial charge in [0.2, 0.25) is 11.8 Å². The summed E-state index contributed by atoms with van der Waals surface area (Å²) < 4.78 is 0. The van der Waals surface area contributed by atoms with E-state index in [1.807, 2.05) is 9.80 Å². The molecule has 4 heteroatoms. The van der Waals surface area contributed by atoms with Gasteiger partial charge in [-0.05, 0) is 43.6 Å². The molecule has 1 saturated heterocycles. The minimum Gasteiger partial charge on any atom is -0.343 e. The molecular formula is C23H34N2O2. The predicted molar refractivity (Wildman–Crippen MR) is 108 cm³/mol. The third-order valence-corrected chi connectivity index (χ3v) is 6.32. The Balaban J connectivity index is 1.42. The Labute approximate surface area is 163 Å². The smallest absolute Gasteiger partial charge is 0.224 e. The first-order valence-corrected chi connectivity index (χ1v) is 10.7. The van der Waals surface area contributed by atoms with Crippen LogP contribution in [0.1, 0.15) is 63.9 Å². The Kier molecular flexibility index (Phi) is 7.31. The van der Waals surface area contributed by atoms with E-state index in [0.29, 0.717) is 24.9 Å². The van der Waals surface area contributed by atoms with Gasteiger partial charge >= 0.3 is 0 Å². The van der Waals surface area contributed by atoms with Crippen molar-refractivity contribution in [1.82, 2.24) is 9.80 Å². The topological polar surface area (TPSA) is 40.6 Å². The summed E-state index contributed by atoms with van der Waals surface area (Å²) in [6.45, 7) is 3.95. The number of amides is 2. The largest absolute Gasteiger partial charge is 0.343 e. The van der Waals surface area contributed by atoms with Gasteiger partial charge in [-0.25, -0.2) is 0 Å². The van der Waals surface area contributed by atoms with E-state index in [0.717, 1.165) is 45.2 Å². The summed E-state index contributed by atoms with van der Waals surface area (Å²) in [6, 6.07) is 11.0. The van der Waals surface area contributed by atoms with Crippen LogP contribution in [0.4, 0.5) is 0 Å². The van der Waals surface area contributed by atoms with Crippen molar-refractivity contribution >= 4 is 11.8 Å². The zero-order valence-electron chi connectivity index (χ0n) is 16.7. The molecule has 0 N–H and O–H groups in total. The molecule has 1 aromatic rings. The molecule has 148 valence electrons. The van der Waals surface area contributed by atoms with Crippen LogP contribution in [0, 0.1) is 5.92 Å². The molecule has 2 aliphatic rings. The number of piperidine rings is 1.